The lowest BCUT2D eigenvalue weighted by Crippen LogP contribution is -2.61. The largest absolute Gasteiger partial charge is 0.372 e. The summed E-state index contributed by atoms with van der Waals surface area (Å²) in [7, 11) is 2.17. The summed E-state index contributed by atoms with van der Waals surface area (Å²) in [5.74, 6) is 1.98. The van der Waals surface area contributed by atoms with E-state index in [2.05, 4.69) is 83.0 Å². The first-order valence-electron chi connectivity index (χ1n) is 14.1. The quantitative estimate of drug-likeness (QED) is 0.478. The van der Waals surface area contributed by atoms with E-state index in [-0.39, 0.29) is 22.3 Å². The lowest BCUT2D eigenvalue weighted by Gasteiger charge is -2.55. The zero-order valence-electron chi connectivity index (χ0n) is 22.8. The first kappa shape index (κ1) is 24.8. The van der Waals surface area contributed by atoms with Crippen LogP contribution in [0.3, 0.4) is 0 Å². The third kappa shape index (κ3) is 3.76. The Balaban J connectivity index is 1.68. The number of carbonyl (C=O) groups excluding carboxylic acids is 1. The van der Waals surface area contributed by atoms with E-state index in [9.17, 15) is 4.79 Å². The highest BCUT2D eigenvalue weighted by atomic mass is 16.1. The fraction of sp³-hybridized carbons (Fsp3) is 0.656. The maximum Gasteiger partial charge on any atom is 0.155 e. The fourth-order valence-electron chi connectivity index (χ4n) is 8.61. The molecule has 3 heteroatoms. The summed E-state index contributed by atoms with van der Waals surface area (Å²) in [5, 5.41) is 0. The van der Waals surface area contributed by atoms with E-state index < -0.39 is 0 Å². The molecule has 0 saturated heterocycles. The van der Waals surface area contributed by atoms with Crippen LogP contribution in [0.1, 0.15) is 91.0 Å². The van der Waals surface area contributed by atoms with Gasteiger partial charge in [0.25, 0.3) is 0 Å². The molecular formula is C32H46N2O. The molecular weight excluding hydrogens is 428 g/mol. The highest BCUT2D eigenvalue weighted by Gasteiger charge is 2.62. The predicted octanol–water partition coefficient (Wildman–Crippen LogP) is 7.03. The van der Waals surface area contributed by atoms with Crippen molar-refractivity contribution in [2.75, 3.05) is 11.9 Å². The van der Waals surface area contributed by atoms with E-state index in [1.165, 1.54) is 29.7 Å². The molecule has 2 fully saturated rings. The smallest absolute Gasteiger partial charge is 0.155 e. The van der Waals surface area contributed by atoms with Crippen molar-refractivity contribution in [2.45, 2.75) is 97.1 Å². The normalized spacial score (nSPS) is 40.9. The van der Waals surface area contributed by atoms with Crippen LogP contribution in [-0.4, -0.2) is 24.4 Å². The van der Waals surface area contributed by atoms with Crippen molar-refractivity contribution in [3.8, 4) is 0 Å². The summed E-state index contributed by atoms with van der Waals surface area (Å²) in [6.07, 6.45) is 14.3. The van der Waals surface area contributed by atoms with E-state index in [1.807, 2.05) is 6.08 Å². The number of nitrogens with zero attached hydrogens (tertiary/aromatic N) is 1. The van der Waals surface area contributed by atoms with Gasteiger partial charge in [-0.25, -0.2) is 0 Å². The summed E-state index contributed by atoms with van der Waals surface area (Å²) in [4.78, 5) is 14.9. The Morgan fingerprint density at radius 3 is 2.46 bits per heavy atom. The Hall–Kier alpha value is -1.87. The summed E-state index contributed by atoms with van der Waals surface area (Å²) in [6, 6.07) is 9.74. The number of carbonyl (C=O) groups is 1. The van der Waals surface area contributed by atoms with E-state index in [4.69, 9.17) is 5.73 Å². The van der Waals surface area contributed by atoms with Gasteiger partial charge in [0.1, 0.15) is 0 Å². The second kappa shape index (κ2) is 8.61. The van der Waals surface area contributed by atoms with Crippen LogP contribution < -0.4 is 10.6 Å². The minimum atomic E-state index is -0.244. The van der Waals surface area contributed by atoms with Gasteiger partial charge >= 0.3 is 0 Å². The van der Waals surface area contributed by atoms with Crippen molar-refractivity contribution in [3.05, 3.63) is 53.6 Å². The van der Waals surface area contributed by atoms with Gasteiger partial charge in [0, 0.05) is 36.7 Å². The summed E-state index contributed by atoms with van der Waals surface area (Å²) < 4.78 is 0. The van der Waals surface area contributed by atoms with E-state index in [0.29, 0.717) is 36.0 Å². The lowest BCUT2D eigenvalue weighted by molar-refractivity contribution is -0.116. The standard InChI is InChI=1S/C32H46N2O/c1-21(2)34(6)25-12-10-23(11-13-25)27-16-19-30(4)22(3)9-14-28(30)32(33)17-7-8-24-20-26(35)15-18-31(24,5)29(27)32/h10-13,16,19-22,27-29H,7-9,14-15,17-18,33H2,1-6H3/t22-,27+,28?,29?,30+,31-,32+/m0/s1. The highest BCUT2D eigenvalue weighted by Crippen LogP contribution is 2.65. The Morgan fingerprint density at radius 2 is 1.77 bits per heavy atom. The first-order valence-corrected chi connectivity index (χ1v) is 14.1. The maximum absolute atomic E-state index is 12.5. The molecule has 35 heavy (non-hydrogen) atoms. The minimum Gasteiger partial charge on any atom is -0.372 e. The van der Waals surface area contributed by atoms with Gasteiger partial charge in [-0.3, -0.25) is 4.79 Å². The van der Waals surface area contributed by atoms with Crippen molar-refractivity contribution >= 4 is 11.5 Å². The van der Waals surface area contributed by atoms with Gasteiger partial charge in [0.2, 0.25) is 0 Å². The van der Waals surface area contributed by atoms with Crippen LogP contribution in [0.25, 0.3) is 0 Å². The lowest BCUT2D eigenvalue weighted by atomic mass is 9.52. The molecule has 0 bridgehead atoms. The topological polar surface area (TPSA) is 46.3 Å². The number of rotatable bonds is 3. The zero-order chi connectivity index (χ0) is 25.2. The number of ketones is 1. The van der Waals surface area contributed by atoms with Crippen molar-refractivity contribution in [3.63, 3.8) is 0 Å². The fourth-order valence-corrected chi connectivity index (χ4v) is 8.61. The third-order valence-corrected chi connectivity index (χ3v) is 11.1. The summed E-state index contributed by atoms with van der Waals surface area (Å²) >= 11 is 0. The molecule has 0 heterocycles. The molecule has 4 aliphatic carbocycles. The van der Waals surface area contributed by atoms with Crippen LogP contribution in [0.4, 0.5) is 5.69 Å². The molecule has 0 aliphatic heterocycles. The second-order valence-corrected chi connectivity index (χ2v) is 13.1. The molecule has 0 aromatic heterocycles. The van der Waals surface area contributed by atoms with Gasteiger partial charge in [-0.15, -0.1) is 0 Å². The molecule has 0 amide bonds. The monoisotopic (exact) mass is 474 g/mol. The molecule has 190 valence electrons. The molecule has 3 nitrogen and oxygen atoms in total. The Bertz CT molecular complexity index is 1040. The van der Waals surface area contributed by atoms with Crippen molar-refractivity contribution in [1.29, 1.82) is 0 Å². The van der Waals surface area contributed by atoms with Gasteiger partial charge in [-0.05, 0) is 105 Å². The van der Waals surface area contributed by atoms with Crippen LogP contribution in [0.2, 0.25) is 0 Å². The number of hydrogen-bond acceptors (Lipinski definition) is 3. The molecule has 2 unspecified atom stereocenters. The Kier molecular flexibility index (Phi) is 6.10. The van der Waals surface area contributed by atoms with E-state index >= 15 is 0 Å². The number of fused-ring (bicyclic) bond motifs is 5. The van der Waals surface area contributed by atoms with Crippen molar-refractivity contribution in [1.82, 2.24) is 0 Å². The molecule has 2 N–H and O–H groups in total. The average Bonchev–Trinajstić information content (AvgIpc) is 3.00. The molecule has 4 aliphatic rings. The number of nitrogens with two attached hydrogens (primary N) is 1. The maximum atomic E-state index is 12.5. The van der Waals surface area contributed by atoms with Gasteiger partial charge in [0.15, 0.2) is 5.78 Å². The first-order chi connectivity index (χ1) is 16.5. The number of allylic oxidation sites excluding steroid dienone is 4. The van der Waals surface area contributed by atoms with Crippen LogP contribution in [-0.2, 0) is 4.79 Å². The van der Waals surface area contributed by atoms with Crippen LogP contribution in [0.5, 0.6) is 0 Å². The summed E-state index contributed by atoms with van der Waals surface area (Å²) in [6.45, 7) is 11.8. The highest BCUT2D eigenvalue weighted by molar-refractivity contribution is 5.91. The zero-order valence-corrected chi connectivity index (χ0v) is 22.8. The number of anilines is 1. The molecule has 0 spiro atoms. The van der Waals surface area contributed by atoms with Crippen LogP contribution in [0, 0.1) is 28.6 Å². The molecule has 7 atom stereocenters. The molecule has 2 saturated carbocycles. The van der Waals surface area contributed by atoms with E-state index in [1.54, 1.807) is 0 Å². The third-order valence-electron chi connectivity index (χ3n) is 11.1. The van der Waals surface area contributed by atoms with Crippen LogP contribution in [0.15, 0.2) is 48.1 Å². The van der Waals surface area contributed by atoms with Crippen molar-refractivity contribution < 1.29 is 4.79 Å². The van der Waals surface area contributed by atoms with E-state index in [0.717, 1.165) is 25.7 Å². The van der Waals surface area contributed by atoms with Gasteiger partial charge < -0.3 is 10.6 Å². The molecule has 1 aromatic carbocycles. The Labute approximate surface area is 213 Å². The van der Waals surface area contributed by atoms with Gasteiger partial charge in [0.05, 0.1) is 0 Å². The Morgan fingerprint density at radius 1 is 1.06 bits per heavy atom. The van der Waals surface area contributed by atoms with Gasteiger partial charge in [-0.2, -0.15) is 0 Å². The van der Waals surface area contributed by atoms with Crippen molar-refractivity contribution in [2.24, 2.45) is 34.3 Å². The van der Waals surface area contributed by atoms with Gasteiger partial charge in [-0.1, -0.05) is 50.6 Å². The molecule has 0 radical (unpaired) electrons. The average molecular weight is 475 g/mol. The summed E-state index contributed by atoms with van der Waals surface area (Å²) in [5.41, 5.74) is 11.7. The van der Waals surface area contributed by atoms with Crippen LogP contribution >= 0.6 is 0 Å². The molecule has 5 rings (SSSR count). The minimum absolute atomic E-state index is 0.0430. The number of benzene rings is 1. The predicted molar refractivity (Wildman–Crippen MR) is 147 cm³/mol. The second-order valence-electron chi connectivity index (χ2n) is 13.1. The number of hydrogen-bond donors (Lipinski definition) is 1. The SMILES string of the molecule is CC(C)N(C)c1ccc([C@H]2C=C[C@@]3(C)C(CC[C@@H]3C)[C@]3(N)CCCC4=CC(=O)CC[C@]4(C)C23)cc1. The molecule has 1 aromatic rings.